The number of hydrogen-bond acceptors (Lipinski definition) is 7. The predicted molar refractivity (Wildman–Crippen MR) is 134 cm³/mol. The summed E-state index contributed by atoms with van der Waals surface area (Å²) in [4.78, 5) is 25.8. The van der Waals surface area contributed by atoms with Crippen molar-refractivity contribution in [3.8, 4) is 28.4 Å². The van der Waals surface area contributed by atoms with Crippen molar-refractivity contribution in [3.63, 3.8) is 0 Å². The van der Waals surface area contributed by atoms with Gasteiger partial charge in [-0.05, 0) is 62.2 Å². The van der Waals surface area contributed by atoms with Crippen molar-refractivity contribution in [1.82, 2.24) is 0 Å². The molecule has 0 saturated carbocycles. The average molecular weight is 504 g/mol. The summed E-state index contributed by atoms with van der Waals surface area (Å²) in [6.45, 7) is 5.40. The zero-order valence-corrected chi connectivity index (χ0v) is 21.1. The first-order valence-corrected chi connectivity index (χ1v) is 11.8. The minimum atomic E-state index is -0.818. The number of nitrogens with one attached hydrogen (secondary N) is 1. The number of methoxy groups -OCH3 is 2. The van der Waals surface area contributed by atoms with Gasteiger partial charge in [-0.15, -0.1) is 11.3 Å². The van der Waals surface area contributed by atoms with E-state index in [2.05, 4.69) is 5.32 Å². The molecule has 0 radical (unpaired) electrons. The van der Waals surface area contributed by atoms with E-state index in [4.69, 9.17) is 30.5 Å². The SMILES string of the molecule is CCOC(=O)c1c(-c2ccc(OC)c(OC)c2)csc1NC(=O)C(C)Oc1ccc(Cl)cc1C. The maximum Gasteiger partial charge on any atom is 0.341 e. The van der Waals surface area contributed by atoms with E-state index < -0.39 is 18.0 Å². The molecule has 1 aromatic heterocycles. The normalized spacial score (nSPS) is 11.5. The molecule has 3 aromatic rings. The number of esters is 1. The van der Waals surface area contributed by atoms with Gasteiger partial charge in [0.2, 0.25) is 0 Å². The second-order valence-corrected chi connectivity index (χ2v) is 8.62. The summed E-state index contributed by atoms with van der Waals surface area (Å²) < 4.78 is 21.8. The highest BCUT2D eigenvalue weighted by Crippen LogP contribution is 2.39. The number of carbonyl (C=O) groups excluding carboxylic acids is 2. The monoisotopic (exact) mass is 503 g/mol. The van der Waals surface area contributed by atoms with Crippen molar-refractivity contribution in [2.24, 2.45) is 0 Å². The molecule has 1 heterocycles. The third-order valence-electron chi connectivity index (χ3n) is 5.01. The maximum absolute atomic E-state index is 12.9. The van der Waals surface area contributed by atoms with E-state index >= 15 is 0 Å². The number of hydrogen-bond donors (Lipinski definition) is 1. The van der Waals surface area contributed by atoms with Crippen LogP contribution in [0.2, 0.25) is 5.02 Å². The summed E-state index contributed by atoms with van der Waals surface area (Å²) in [6, 6.07) is 10.5. The molecular weight excluding hydrogens is 478 g/mol. The Morgan fingerprint density at radius 2 is 1.76 bits per heavy atom. The molecule has 1 amide bonds. The lowest BCUT2D eigenvalue weighted by atomic mass is 10.0. The molecule has 180 valence electrons. The molecule has 2 aromatic carbocycles. The number of ether oxygens (including phenoxy) is 4. The van der Waals surface area contributed by atoms with Gasteiger partial charge in [0.15, 0.2) is 17.6 Å². The predicted octanol–water partition coefficient (Wildman–Crippen LogP) is 5.98. The first-order chi connectivity index (χ1) is 16.3. The van der Waals surface area contributed by atoms with Crippen LogP contribution in [-0.2, 0) is 9.53 Å². The lowest BCUT2D eigenvalue weighted by Crippen LogP contribution is -2.30. The van der Waals surface area contributed by atoms with Crippen molar-refractivity contribution >= 4 is 39.8 Å². The molecule has 0 aliphatic rings. The molecule has 3 rings (SSSR count). The van der Waals surface area contributed by atoms with E-state index in [1.165, 1.54) is 18.4 Å². The van der Waals surface area contributed by atoms with E-state index in [0.717, 1.165) is 11.1 Å². The zero-order valence-electron chi connectivity index (χ0n) is 19.6. The molecule has 0 aliphatic carbocycles. The first kappa shape index (κ1) is 25.4. The van der Waals surface area contributed by atoms with Crippen LogP contribution in [0.5, 0.6) is 17.2 Å². The fraction of sp³-hybridized carbons (Fsp3) is 0.280. The number of halogens is 1. The van der Waals surface area contributed by atoms with Crippen LogP contribution in [-0.4, -0.2) is 38.8 Å². The third-order valence-corrected chi connectivity index (χ3v) is 6.14. The molecule has 9 heteroatoms. The van der Waals surface area contributed by atoms with E-state index in [0.29, 0.717) is 32.8 Å². The van der Waals surface area contributed by atoms with E-state index in [1.54, 1.807) is 56.7 Å². The molecule has 1 unspecified atom stereocenters. The number of amides is 1. The summed E-state index contributed by atoms with van der Waals surface area (Å²) in [5.74, 6) is 0.699. The Labute approximate surface area is 207 Å². The largest absolute Gasteiger partial charge is 0.493 e. The lowest BCUT2D eigenvalue weighted by molar-refractivity contribution is -0.122. The maximum atomic E-state index is 12.9. The molecule has 1 atom stereocenters. The van der Waals surface area contributed by atoms with Gasteiger partial charge in [-0.3, -0.25) is 4.79 Å². The Kier molecular flexibility index (Phi) is 8.41. The summed E-state index contributed by atoms with van der Waals surface area (Å²) in [5.41, 5.74) is 2.41. The standard InChI is InChI=1S/C25H26ClNO6S/c1-6-32-25(29)22-18(16-7-9-20(30-4)21(12-16)31-5)13-34-24(22)27-23(28)15(3)33-19-10-8-17(26)11-14(19)2/h7-13,15H,6H2,1-5H3,(H,27,28). The van der Waals surface area contributed by atoms with Crippen molar-refractivity contribution in [3.05, 3.63) is 57.9 Å². The Morgan fingerprint density at radius 1 is 1.06 bits per heavy atom. The van der Waals surface area contributed by atoms with Crippen LogP contribution >= 0.6 is 22.9 Å². The summed E-state index contributed by atoms with van der Waals surface area (Å²) in [5, 5.41) is 5.56. The minimum absolute atomic E-state index is 0.197. The van der Waals surface area contributed by atoms with Gasteiger partial charge in [0.25, 0.3) is 5.91 Å². The summed E-state index contributed by atoms with van der Waals surface area (Å²) >= 11 is 7.22. The Hall–Kier alpha value is -3.23. The van der Waals surface area contributed by atoms with Gasteiger partial charge in [-0.1, -0.05) is 17.7 Å². The number of thiophene rings is 1. The van der Waals surface area contributed by atoms with Gasteiger partial charge >= 0.3 is 5.97 Å². The van der Waals surface area contributed by atoms with Crippen LogP contribution in [0.1, 0.15) is 29.8 Å². The van der Waals surface area contributed by atoms with Gasteiger partial charge < -0.3 is 24.3 Å². The second-order valence-electron chi connectivity index (χ2n) is 7.30. The fourth-order valence-electron chi connectivity index (χ4n) is 3.27. The molecule has 0 bridgehead atoms. The fourth-order valence-corrected chi connectivity index (χ4v) is 4.46. The Balaban J connectivity index is 1.90. The number of rotatable bonds is 9. The summed E-state index contributed by atoms with van der Waals surface area (Å²) in [6.07, 6.45) is -0.818. The molecule has 7 nitrogen and oxygen atoms in total. The minimum Gasteiger partial charge on any atom is -0.493 e. The molecule has 0 saturated heterocycles. The van der Waals surface area contributed by atoms with Crippen LogP contribution in [0.4, 0.5) is 5.00 Å². The Bertz CT molecular complexity index is 1190. The van der Waals surface area contributed by atoms with Gasteiger partial charge in [0.05, 0.1) is 20.8 Å². The molecule has 34 heavy (non-hydrogen) atoms. The lowest BCUT2D eigenvalue weighted by Gasteiger charge is -2.16. The molecule has 0 aliphatic heterocycles. The highest BCUT2D eigenvalue weighted by atomic mass is 35.5. The first-order valence-electron chi connectivity index (χ1n) is 10.5. The quantitative estimate of drug-likeness (QED) is 0.362. The number of anilines is 1. The van der Waals surface area contributed by atoms with Crippen molar-refractivity contribution in [1.29, 1.82) is 0 Å². The second kappa shape index (κ2) is 11.3. The van der Waals surface area contributed by atoms with E-state index in [9.17, 15) is 9.59 Å². The third kappa shape index (κ3) is 5.63. The van der Waals surface area contributed by atoms with Crippen LogP contribution in [0, 0.1) is 6.92 Å². The molecule has 0 fully saturated rings. The van der Waals surface area contributed by atoms with Crippen molar-refractivity contribution in [2.75, 3.05) is 26.1 Å². The van der Waals surface area contributed by atoms with Crippen LogP contribution in [0.3, 0.4) is 0 Å². The van der Waals surface area contributed by atoms with Gasteiger partial charge in [0.1, 0.15) is 16.3 Å². The molecule has 1 N–H and O–H groups in total. The van der Waals surface area contributed by atoms with Crippen LogP contribution in [0.25, 0.3) is 11.1 Å². The van der Waals surface area contributed by atoms with Crippen LogP contribution in [0.15, 0.2) is 41.8 Å². The van der Waals surface area contributed by atoms with Gasteiger partial charge in [-0.2, -0.15) is 0 Å². The smallest absolute Gasteiger partial charge is 0.341 e. The summed E-state index contributed by atoms with van der Waals surface area (Å²) in [7, 11) is 3.09. The molecular formula is C25H26ClNO6S. The van der Waals surface area contributed by atoms with E-state index in [-0.39, 0.29) is 12.2 Å². The van der Waals surface area contributed by atoms with Crippen molar-refractivity contribution < 1.29 is 28.5 Å². The highest BCUT2D eigenvalue weighted by Gasteiger charge is 2.25. The number of carbonyl (C=O) groups is 2. The molecule has 0 spiro atoms. The Morgan fingerprint density at radius 3 is 2.41 bits per heavy atom. The number of aryl methyl sites for hydroxylation is 1. The average Bonchev–Trinajstić information content (AvgIpc) is 3.23. The van der Waals surface area contributed by atoms with Crippen LogP contribution < -0.4 is 19.5 Å². The number of benzene rings is 2. The van der Waals surface area contributed by atoms with Gasteiger partial charge in [-0.25, -0.2) is 4.79 Å². The van der Waals surface area contributed by atoms with Gasteiger partial charge in [0, 0.05) is 16.0 Å². The van der Waals surface area contributed by atoms with Crippen molar-refractivity contribution in [2.45, 2.75) is 26.9 Å². The topological polar surface area (TPSA) is 83.1 Å². The van der Waals surface area contributed by atoms with E-state index in [1.807, 2.05) is 13.0 Å². The zero-order chi connectivity index (χ0) is 24.8. The highest BCUT2D eigenvalue weighted by molar-refractivity contribution is 7.15.